The number of nitrogens with zero attached hydrogens (tertiary/aromatic N) is 4. The molecule has 2 aromatic heterocycles. The van der Waals surface area contributed by atoms with Crippen molar-refractivity contribution in [3.05, 3.63) is 41.7 Å². The van der Waals surface area contributed by atoms with Crippen LogP contribution >= 0.6 is 0 Å². The van der Waals surface area contributed by atoms with Gasteiger partial charge in [-0.3, -0.25) is 14.3 Å². The number of rotatable bonds is 1. The minimum Gasteiger partial charge on any atom is -0.488 e. The van der Waals surface area contributed by atoms with Crippen LogP contribution in [0.25, 0.3) is 10.9 Å². The largest absolute Gasteiger partial charge is 0.488 e. The van der Waals surface area contributed by atoms with Crippen LogP contribution in [-0.2, 0) is 22.8 Å². The van der Waals surface area contributed by atoms with Crippen molar-refractivity contribution in [3.8, 4) is 5.75 Å². The third kappa shape index (κ3) is 3.38. The lowest BCUT2D eigenvalue weighted by atomic mass is 9.85. The summed E-state index contributed by atoms with van der Waals surface area (Å²) in [6.07, 6.45) is 0.216. The second-order valence-corrected chi connectivity index (χ2v) is 9.53. The molecule has 2 aliphatic heterocycles. The van der Waals surface area contributed by atoms with E-state index in [0.29, 0.717) is 29.4 Å². The Bertz CT molecular complexity index is 1400. The number of halogens is 3. The Labute approximate surface area is 197 Å². The molecule has 1 saturated heterocycles. The molecule has 2 fully saturated rings. The number of aromatic nitrogens is 3. The Morgan fingerprint density at radius 3 is 2.74 bits per heavy atom. The van der Waals surface area contributed by atoms with Crippen molar-refractivity contribution in [1.29, 1.82) is 0 Å². The van der Waals surface area contributed by atoms with Crippen LogP contribution < -0.4 is 15.8 Å². The van der Waals surface area contributed by atoms with Crippen molar-refractivity contribution < 1.29 is 27.5 Å². The van der Waals surface area contributed by atoms with E-state index in [9.17, 15) is 22.8 Å². The van der Waals surface area contributed by atoms with Crippen LogP contribution in [-0.4, -0.2) is 44.1 Å². The molecule has 0 radical (unpaired) electrons. The SMILES string of the molecule is Cn1ncc2c(NC(=O)C(=O)N3CC4(CC4)C[C@@H]4Oc5cc(C(F)(F)F)ccc5[C@@H]43)cnc(N)c21. The van der Waals surface area contributed by atoms with Gasteiger partial charge in [0.25, 0.3) is 0 Å². The zero-order valence-corrected chi connectivity index (χ0v) is 18.6. The van der Waals surface area contributed by atoms with Gasteiger partial charge in [-0.25, -0.2) is 4.98 Å². The van der Waals surface area contributed by atoms with Crippen LogP contribution in [0.3, 0.4) is 0 Å². The number of alkyl halides is 3. The van der Waals surface area contributed by atoms with Gasteiger partial charge in [0.15, 0.2) is 0 Å². The zero-order chi connectivity index (χ0) is 24.7. The molecule has 1 saturated carbocycles. The summed E-state index contributed by atoms with van der Waals surface area (Å²) < 4.78 is 47.1. The lowest BCUT2D eigenvalue weighted by Gasteiger charge is -2.40. The van der Waals surface area contributed by atoms with Crippen molar-refractivity contribution in [2.75, 3.05) is 17.6 Å². The highest BCUT2D eigenvalue weighted by atomic mass is 19.4. The summed E-state index contributed by atoms with van der Waals surface area (Å²) in [5.41, 5.74) is 6.20. The van der Waals surface area contributed by atoms with Gasteiger partial charge in [0, 0.05) is 24.5 Å². The summed E-state index contributed by atoms with van der Waals surface area (Å²) in [5, 5.41) is 7.28. The number of nitrogens with two attached hydrogens (primary N) is 1. The second-order valence-electron chi connectivity index (χ2n) is 9.53. The summed E-state index contributed by atoms with van der Waals surface area (Å²) in [4.78, 5) is 32.0. The number of hydrogen-bond donors (Lipinski definition) is 2. The van der Waals surface area contributed by atoms with E-state index < -0.39 is 35.7 Å². The van der Waals surface area contributed by atoms with E-state index in [1.165, 1.54) is 28.0 Å². The summed E-state index contributed by atoms with van der Waals surface area (Å²) in [6.45, 7) is 0.340. The van der Waals surface area contributed by atoms with Gasteiger partial charge in [-0.1, -0.05) is 6.07 Å². The average molecular weight is 486 g/mol. The minimum atomic E-state index is -4.51. The van der Waals surface area contributed by atoms with Crippen molar-refractivity contribution in [1.82, 2.24) is 19.7 Å². The fraction of sp³-hybridized carbons (Fsp3) is 0.391. The highest BCUT2D eigenvalue weighted by molar-refractivity contribution is 6.40. The molecule has 1 spiro atoms. The Kier molecular flexibility index (Phi) is 4.39. The number of likely N-dealkylation sites (tertiary alicyclic amines) is 1. The van der Waals surface area contributed by atoms with Gasteiger partial charge in [-0.05, 0) is 36.8 Å². The van der Waals surface area contributed by atoms with Crippen LogP contribution in [0.2, 0.25) is 0 Å². The molecule has 182 valence electrons. The summed E-state index contributed by atoms with van der Waals surface area (Å²) in [7, 11) is 1.68. The maximum atomic E-state index is 13.4. The maximum absolute atomic E-state index is 13.4. The number of nitrogens with one attached hydrogen (secondary N) is 1. The van der Waals surface area contributed by atoms with Crippen LogP contribution in [0.1, 0.15) is 36.4 Å². The average Bonchev–Trinajstić information content (AvgIpc) is 3.25. The van der Waals surface area contributed by atoms with Crippen molar-refractivity contribution in [3.63, 3.8) is 0 Å². The number of carbonyl (C=O) groups excluding carboxylic acids is 2. The number of aryl methyl sites for hydroxylation is 1. The summed E-state index contributed by atoms with van der Waals surface area (Å²) in [5.74, 6) is -1.32. The maximum Gasteiger partial charge on any atom is 0.416 e. The molecule has 1 aromatic carbocycles. The third-order valence-electron chi connectivity index (χ3n) is 7.23. The van der Waals surface area contributed by atoms with E-state index in [2.05, 4.69) is 15.4 Å². The molecule has 1 aliphatic carbocycles. The summed E-state index contributed by atoms with van der Waals surface area (Å²) >= 11 is 0. The van der Waals surface area contributed by atoms with Gasteiger partial charge >= 0.3 is 18.0 Å². The molecular weight excluding hydrogens is 465 g/mol. The molecule has 0 unspecified atom stereocenters. The molecule has 35 heavy (non-hydrogen) atoms. The van der Waals surface area contributed by atoms with Gasteiger partial charge < -0.3 is 20.7 Å². The highest BCUT2D eigenvalue weighted by Gasteiger charge is 2.57. The molecule has 2 amide bonds. The van der Waals surface area contributed by atoms with Crippen LogP contribution in [0.15, 0.2) is 30.6 Å². The van der Waals surface area contributed by atoms with Crippen LogP contribution in [0, 0.1) is 5.41 Å². The Hall–Kier alpha value is -3.83. The van der Waals surface area contributed by atoms with Gasteiger partial charge in [0.1, 0.15) is 23.2 Å². The first-order chi connectivity index (χ1) is 16.6. The molecule has 2 atom stereocenters. The Balaban J connectivity index is 1.31. The number of anilines is 2. The molecule has 3 aliphatic rings. The quantitative estimate of drug-likeness (QED) is 0.511. The number of carbonyl (C=O) groups is 2. The van der Waals surface area contributed by atoms with Gasteiger partial charge in [-0.2, -0.15) is 18.3 Å². The van der Waals surface area contributed by atoms with Crippen molar-refractivity contribution >= 4 is 34.2 Å². The minimum absolute atomic E-state index is 0.102. The standard InChI is InChI=1S/C23H21F3N6O3/c1-31-18-13(8-29-31)14(9-28-19(18)27)30-20(33)21(34)32-10-22(4-5-22)7-16-17(32)12-3-2-11(23(24,25)26)6-15(12)35-16/h2-3,6,8-9,16-17H,4-5,7,10H2,1H3,(H2,27,28)(H,30,33)/t16-,17-/m0/s1. The van der Waals surface area contributed by atoms with Gasteiger partial charge in [-0.15, -0.1) is 0 Å². The van der Waals surface area contributed by atoms with E-state index in [1.807, 2.05) is 0 Å². The Morgan fingerprint density at radius 1 is 1.26 bits per heavy atom. The van der Waals surface area contributed by atoms with E-state index in [1.54, 1.807) is 7.05 Å². The molecule has 9 nitrogen and oxygen atoms in total. The molecule has 3 N–H and O–H groups in total. The molecule has 3 aromatic rings. The fourth-order valence-electron chi connectivity index (χ4n) is 5.30. The second kappa shape index (κ2) is 7.09. The topological polar surface area (TPSA) is 115 Å². The number of fused-ring (bicyclic) bond motifs is 4. The van der Waals surface area contributed by atoms with Gasteiger partial charge in [0.05, 0.1) is 29.7 Å². The first-order valence-electron chi connectivity index (χ1n) is 11.1. The molecule has 12 heteroatoms. The van der Waals surface area contributed by atoms with E-state index in [-0.39, 0.29) is 22.7 Å². The van der Waals surface area contributed by atoms with Crippen molar-refractivity contribution in [2.24, 2.45) is 12.5 Å². The first kappa shape index (κ1) is 21.7. The predicted octanol–water partition coefficient (Wildman–Crippen LogP) is 3.02. The summed E-state index contributed by atoms with van der Waals surface area (Å²) in [6, 6.07) is 2.65. The third-order valence-corrected chi connectivity index (χ3v) is 7.23. The molecule has 4 heterocycles. The number of pyridine rings is 1. The first-order valence-corrected chi connectivity index (χ1v) is 11.1. The number of ether oxygens (including phenoxy) is 1. The van der Waals surface area contributed by atoms with E-state index in [0.717, 1.165) is 25.0 Å². The highest BCUT2D eigenvalue weighted by Crippen LogP contribution is 2.59. The molecule has 6 rings (SSSR count). The number of amides is 2. The smallest absolute Gasteiger partial charge is 0.416 e. The van der Waals surface area contributed by atoms with Crippen LogP contribution in [0.5, 0.6) is 5.75 Å². The van der Waals surface area contributed by atoms with E-state index >= 15 is 0 Å². The fourth-order valence-corrected chi connectivity index (χ4v) is 5.30. The molecule has 0 bridgehead atoms. The molecular formula is C23H21F3N6O3. The van der Waals surface area contributed by atoms with Crippen molar-refractivity contribution in [2.45, 2.75) is 37.6 Å². The zero-order valence-electron chi connectivity index (χ0n) is 18.6. The lowest BCUT2D eigenvalue weighted by molar-refractivity contribution is -0.149. The predicted molar refractivity (Wildman–Crippen MR) is 118 cm³/mol. The monoisotopic (exact) mass is 486 g/mol. The van der Waals surface area contributed by atoms with E-state index in [4.69, 9.17) is 10.5 Å². The Morgan fingerprint density at radius 2 is 2.03 bits per heavy atom. The normalized spacial score (nSPS) is 22.0. The number of hydrogen-bond acceptors (Lipinski definition) is 6. The number of benzene rings is 1. The number of piperidine rings is 1. The van der Waals surface area contributed by atoms with Gasteiger partial charge in [0.2, 0.25) is 0 Å². The number of nitrogen functional groups attached to an aromatic ring is 1. The van der Waals surface area contributed by atoms with Crippen LogP contribution in [0.4, 0.5) is 24.7 Å². The lowest BCUT2D eigenvalue weighted by Crippen LogP contribution is -2.52.